The van der Waals surface area contributed by atoms with Crippen molar-refractivity contribution in [2.24, 2.45) is 0 Å². The highest BCUT2D eigenvalue weighted by Gasteiger charge is 2.18. The zero-order valence-corrected chi connectivity index (χ0v) is 36.9. The van der Waals surface area contributed by atoms with Crippen LogP contribution in [-0.4, -0.2) is 80.6 Å². The zero-order valence-electron chi connectivity index (χ0n) is 36.9. The number of ether oxygens (including phenoxy) is 2. The van der Waals surface area contributed by atoms with Crippen molar-refractivity contribution in [1.29, 1.82) is 0 Å². The van der Waals surface area contributed by atoms with Gasteiger partial charge in [-0.2, -0.15) is 0 Å². The first kappa shape index (κ1) is 53.3. The molecule has 0 saturated carbocycles. The molecule has 0 aliphatic rings. The molecule has 9 nitrogen and oxygen atoms in total. The first-order valence-corrected chi connectivity index (χ1v) is 23.1. The minimum Gasteiger partial charge on any atom is -0.464 e. The van der Waals surface area contributed by atoms with Crippen LogP contribution in [0.2, 0.25) is 0 Å². The maximum atomic E-state index is 13.1. The summed E-state index contributed by atoms with van der Waals surface area (Å²) < 4.78 is 10.9. The van der Waals surface area contributed by atoms with E-state index in [-0.39, 0.29) is 56.5 Å². The number of esters is 2. The number of hydrogen-bond acceptors (Lipinski definition) is 7. The zero-order chi connectivity index (χ0) is 41.2. The molecule has 56 heavy (non-hydrogen) atoms. The van der Waals surface area contributed by atoms with Crippen LogP contribution in [0.5, 0.6) is 0 Å². The topological polar surface area (TPSA) is 105 Å². The molecule has 0 aliphatic carbocycles. The van der Waals surface area contributed by atoms with Crippen molar-refractivity contribution in [1.82, 2.24) is 15.1 Å². The van der Waals surface area contributed by atoms with E-state index in [0.29, 0.717) is 25.9 Å². The normalized spacial score (nSPS) is 11.5. The Bertz CT molecular complexity index is 998. The number of rotatable bonds is 41. The number of amides is 2. The minimum absolute atomic E-state index is 0.0115. The molecule has 0 bridgehead atoms. The molecule has 9 heteroatoms. The highest BCUT2D eigenvalue weighted by molar-refractivity contribution is 5.83. The van der Waals surface area contributed by atoms with Crippen LogP contribution in [0.25, 0.3) is 0 Å². The molecule has 0 heterocycles. The maximum absolute atomic E-state index is 13.1. The lowest BCUT2D eigenvalue weighted by Gasteiger charge is -2.22. The minimum atomic E-state index is -0.344. The molecular formula is C47H87N3O6. The predicted octanol–water partition coefficient (Wildman–Crippen LogP) is 11.4. The fourth-order valence-electron chi connectivity index (χ4n) is 6.39. The Morgan fingerprint density at radius 1 is 0.482 bits per heavy atom. The summed E-state index contributed by atoms with van der Waals surface area (Å²) in [5, 5.41) is 2.82. The van der Waals surface area contributed by atoms with E-state index < -0.39 is 0 Å². The monoisotopic (exact) mass is 790 g/mol. The third-order valence-electron chi connectivity index (χ3n) is 10.1. The van der Waals surface area contributed by atoms with Crippen LogP contribution in [0.1, 0.15) is 206 Å². The SMILES string of the molecule is CCCCCCCC/C=C\CCCCCCCC(=O)OCCN(COC(=O)CCCCCCC/C=C\CCCCCCCC)C(=O)CCC(=O)NCCN(C)C. The van der Waals surface area contributed by atoms with Gasteiger partial charge < -0.3 is 24.6 Å². The second-order valence-corrected chi connectivity index (χ2v) is 15.8. The average molecular weight is 790 g/mol. The van der Waals surface area contributed by atoms with Crippen LogP contribution in [0.15, 0.2) is 24.3 Å². The lowest BCUT2D eigenvalue weighted by Crippen LogP contribution is -2.38. The first-order chi connectivity index (χ1) is 27.3. The number of carbonyl (C=O) groups excluding carboxylic acids is 4. The van der Waals surface area contributed by atoms with Gasteiger partial charge >= 0.3 is 11.9 Å². The number of nitrogens with one attached hydrogen (secondary N) is 1. The summed E-state index contributed by atoms with van der Waals surface area (Å²) in [6.07, 6.45) is 41.0. The Balaban J connectivity index is 4.32. The molecule has 0 fully saturated rings. The predicted molar refractivity (Wildman–Crippen MR) is 233 cm³/mol. The van der Waals surface area contributed by atoms with E-state index in [1.165, 1.54) is 108 Å². The van der Waals surface area contributed by atoms with Crippen LogP contribution in [0, 0.1) is 0 Å². The van der Waals surface area contributed by atoms with Crippen LogP contribution in [0.3, 0.4) is 0 Å². The summed E-state index contributed by atoms with van der Waals surface area (Å²) >= 11 is 0. The molecule has 0 atom stereocenters. The summed E-state index contributed by atoms with van der Waals surface area (Å²) in [6, 6.07) is 0. The van der Waals surface area contributed by atoms with Gasteiger partial charge in [-0.25, -0.2) is 0 Å². The van der Waals surface area contributed by atoms with Gasteiger partial charge in [0.05, 0.1) is 6.54 Å². The molecule has 0 aliphatic heterocycles. The number of unbranched alkanes of at least 4 members (excludes halogenated alkanes) is 22. The van der Waals surface area contributed by atoms with Crippen LogP contribution < -0.4 is 5.32 Å². The van der Waals surface area contributed by atoms with Crippen molar-refractivity contribution in [2.45, 2.75) is 206 Å². The van der Waals surface area contributed by atoms with Gasteiger partial charge in [-0.05, 0) is 78.3 Å². The number of hydrogen-bond donors (Lipinski definition) is 1. The van der Waals surface area contributed by atoms with E-state index in [1.54, 1.807) is 0 Å². The summed E-state index contributed by atoms with van der Waals surface area (Å²) in [5.74, 6) is -1.14. The van der Waals surface area contributed by atoms with Crippen LogP contribution >= 0.6 is 0 Å². The number of carbonyl (C=O) groups is 4. The quantitative estimate of drug-likeness (QED) is 0.0284. The van der Waals surface area contributed by atoms with Crippen molar-refractivity contribution in [2.75, 3.05) is 47.1 Å². The van der Waals surface area contributed by atoms with E-state index in [2.05, 4.69) is 43.5 Å². The smallest absolute Gasteiger partial charge is 0.307 e. The first-order valence-electron chi connectivity index (χ1n) is 23.1. The lowest BCUT2D eigenvalue weighted by molar-refractivity contribution is -0.156. The Morgan fingerprint density at radius 2 is 0.893 bits per heavy atom. The molecule has 0 rings (SSSR count). The second kappa shape index (κ2) is 41.9. The third-order valence-corrected chi connectivity index (χ3v) is 10.1. The van der Waals surface area contributed by atoms with Gasteiger partial charge in [-0.1, -0.05) is 141 Å². The molecule has 0 saturated heterocycles. The number of nitrogens with zero attached hydrogens (tertiary/aromatic N) is 2. The Hall–Kier alpha value is -2.68. The molecule has 0 radical (unpaired) electrons. The summed E-state index contributed by atoms with van der Waals surface area (Å²) in [5.41, 5.74) is 0. The molecule has 0 spiro atoms. The van der Waals surface area contributed by atoms with Gasteiger partial charge in [-0.15, -0.1) is 0 Å². The van der Waals surface area contributed by atoms with Crippen LogP contribution in [0.4, 0.5) is 0 Å². The van der Waals surface area contributed by atoms with E-state index in [1.807, 2.05) is 19.0 Å². The van der Waals surface area contributed by atoms with Crippen molar-refractivity contribution >= 4 is 23.8 Å². The highest BCUT2D eigenvalue weighted by atomic mass is 16.5. The molecule has 326 valence electrons. The Kier molecular flexibility index (Phi) is 39.9. The molecule has 0 unspecified atom stereocenters. The molecule has 0 aromatic rings. The van der Waals surface area contributed by atoms with Crippen molar-refractivity contribution in [3.63, 3.8) is 0 Å². The summed E-state index contributed by atoms with van der Waals surface area (Å²) in [6.45, 7) is 5.64. The van der Waals surface area contributed by atoms with E-state index in [4.69, 9.17) is 9.47 Å². The fourth-order valence-corrected chi connectivity index (χ4v) is 6.39. The molecule has 0 aromatic carbocycles. The van der Waals surface area contributed by atoms with Crippen molar-refractivity contribution in [3.8, 4) is 0 Å². The lowest BCUT2D eigenvalue weighted by atomic mass is 10.1. The van der Waals surface area contributed by atoms with Crippen LogP contribution in [-0.2, 0) is 28.7 Å². The molecule has 2 amide bonds. The molecule has 0 aromatic heterocycles. The van der Waals surface area contributed by atoms with Gasteiger partial charge in [-0.3, -0.25) is 19.2 Å². The average Bonchev–Trinajstić information content (AvgIpc) is 3.18. The molecular weight excluding hydrogens is 703 g/mol. The largest absolute Gasteiger partial charge is 0.464 e. The fraction of sp³-hybridized carbons (Fsp3) is 0.830. The van der Waals surface area contributed by atoms with E-state index in [0.717, 1.165) is 64.2 Å². The van der Waals surface area contributed by atoms with Gasteiger partial charge in [0.1, 0.15) is 6.61 Å². The van der Waals surface area contributed by atoms with Crippen molar-refractivity contribution in [3.05, 3.63) is 24.3 Å². The Labute approximate surface area is 344 Å². The maximum Gasteiger partial charge on any atom is 0.307 e. The highest BCUT2D eigenvalue weighted by Crippen LogP contribution is 2.12. The van der Waals surface area contributed by atoms with Crippen molar-refractivity contribution < 1.29 is 28.7 Å². The Morgan fingerprint density at radius 3 is 1.34 bits per heavy atom. The van der Waals surface area contributed by atoms with Gasteiger partial charge in [0.2, 0.25) is 11.8 Å². The third kappa shape index (κ3) is 39.6. The van der Waals surface area contributed by atoms with E-state index >= 15 is 0 Å². The van der Waals surface area contributed by atoms with Gasteiger partial charge in [0.25, 0.3) is 0 Å². The second-order valence-electron chi connectivity index (χ2n) is 15.8. The number of allylic oxidation sites excluding steroid dienone is 4. The van der Waals surface area contributed by atoms with Gasteiger partial charge in [0.15, 0.2) is 6.73 Å². The summed E-state index contributed by atoms with van der Waals surface area (Å²) in [7, 11) is 3.86. The molecule has 1 N–H and O–H groups in total. The summed E-state index contributed by atoms with van der Waals surface area (Å²) in [4.78, 5) is 53.6. The standard InChI is InChI=1S/C47H87N3O6/c1-5-7-9-11-13-15-17-19-21-23-25-27-29-31-33-35-46(53)55-42-41-50(45(52)38-37-44(51)48-39-40-49(3)4)43-56-47(54)36-34-32-30-28-26-24-22-20-18-16-14-12-10-8-6-2/h19-22H,5-18,23-43H2,1-4H3,(H,48,51)/b21-19-,22-20-. The van der Waals surface area contributed by atoms with Gasteiger partial charge in [0, 0.05) is 38.8 Å². The van der Waals surface area contributed by atoms with E-state index in [9.17, 15) is 19.2 Å². The number of likely N-dealkylation sites (N-methyl/N-ethyl adjacent to an activating group) is 1.